The maximum Gasteiger partial charge on any atom is 0.0801 e. The molecule has 0 rings (SSSR count). The molecular formula is C13H29NO2. The summed E-state index contributed by atoms with van der Waals surface area (Å²) in [6.07, 6.45) is 2.20. The fourth-order valence-corrected chi connectivity index (χ4v) is 1.64. The average molecular weight is 231 g/mol. The van der Waals surface area contributed by atoms with Gasteiger partial charge in [-0.05, 0) is 40.2 Å². The van der Waals surface area contributed by atoms with Gasteiger partial charge in [0.05, 0.1) is 18.2 Å². The quantitative estimate of drug-likeness (QED) is 0.586. The lowest BCUT2D eigenvalue weighted by Gasteiger charge is -2.34. The van der Waals surface area contributed by atoms with E-state index in [0.717, 1.165) is 39.2 Å². The van der Waals surface area contributed by atoms with Gasteiger partial charge in [-0.25, -0.2) is 0 Å². The normalized spacial score (nSPS) is 14.1. The molecule has 0 saturated heterocycles. The highest BCUT2D eigenvalue weighted by Crippen LogP contribution is 2.15. The summed E-state index contributed by atoms with van der Waals surface area (Å²) in [5.41, 5.74) is -0.169. The van der Waals surface area contributed by atoms with E-state index in [4.69, 9.17) is 9.47 Å². The van der Waals surface area contributed by atoms with Crippen LogP contribution >= 0.6 is 0 Å². The van der Waals surface area contributed by atoms with Crippen molar-refractivity contribution in [2.75, 3.05) is 26.4 Å². The van der Waals surface area contributed by atoms with Gasteiger partial charge in [0.2, 0.25) is 0 Å². The lowest BCUT2D eigenvalue weighted by molar-refractivity contribution is -0.0600. The first kappa shape index (κ1) is 15.9. The number of nitrogens with one attached hydrogen (secondary N) is 1. The third kappa shape index (κ3) is 6.46. The first-order valence-electron chi connectivity index (χ1n) is 6.53. The summed E-state index contributed by atoms with van der Waals surface area (Å²) in [4.78, 5) is 0. The van der Waals surface area contributed by atoms with Crippen LogP contribution in [0.4, 0.5) is 0 Å². The molecule has 98 valence electrons. The Bertz CT molecular complexity index is 160. The zero-order valence-corrected chi connectivity index (χ0v) is 11.6. The molecule has 0 heterocycles. The maximum atomic E-state index is 5.78. The molecule has 1 N–H and O–H groups in total. The molecule has 3 nitrogen and oxygen atoms in total. The van der Waals surface area contributed by atoms with E-state index in [9.17, 15) is 0 Å². The summed E-state index contributed by atoms with van der Waals surface area (Å²) < 4.78 is 11.4. The van der Waals surface area contributed by atoms with E-state index < -0.39 is 0 Å². The van der Waals surface area contributed by atoms with Gasteiger partial charge in [-0.15, -0.1) is 0 Å². The van der Waals surface area contributed by atoms with Gasteiger partial charge >= 0.3 is 0 Å². The number of hydrogen-bond acceptors (Lipinski definition) is 3. The molecule has 0 aromatic heterocycles. The second-order valence-electron chi connectivity index (χ2n) is 4.62. The fourth-order valence-electron chi connectivity index (χ4n) is 1.64. The van der Waals surface area contributed by atoms with Gasteiger partial charge < -0.3 is 14.8 Å². The molecule has 3 heteroatoms. The van der Waals surface area contributed by atoms with Crippen LogP contribution in [0.15, 0.2) is 0 Å². The van der Waals surface area contributed by atoms with Gasteiger partial charge in [0, 0.05) is 13.2 Å². The van der Waals surface area contributed by atoms with Crippen molar-refractivity contribution in [1.82, 2.24) is 5.32 Å². The van der Waals surface area contributed by atoms with Crippen LogP contribution in [0.1, 0.15) is 47.5 Å². The summed E-state index contributed by atoms with van der Waals surface area (Å²) in [6, 6.07) is 0.263. The van der Waals surface area contributed by atoms with E-state index in [1.165, 1.54) is 0 Å². The summed E-state index contributed by atoms with van der Waals surface area (Å²) in [5.74, 6) is 0. The fraction of sp³-hybridized carbons (Fsp3) is 1.00. The third-order valence-corrected chi connectivity index (χ3v) is 2.63. The number of ether oxygens (including phenoxy) is 2. The molecule has 0 aromatic rings. The topological polar surface area (TPSA) is 30.5 Å². The molecule has 0 aliphatic heterocycles. The van der Waals surface area contributed by atoms with Gasteiger partial charge in [-0.1, -0.05) is 13.8 Å². The molecule has 0 bridgehead atoms. The van der Waals surface area contributed by atoms with E-state index in [1.54, 1.807) is 0 Å². The lowest BCUT2D eigenvalue weighted by Crippen LogP contribution is -2.51. The van der Waals surface area contributed by atoms with Crippen LogP contribution in [-0.4, -0.2) is 38.0 Å². The highest BCUT2D eigenvalue weighted by Gasteiger charge is 2.29. The van der Waals surface area contributed by atoms with E-state index in [-0.39, 0.29) is 11.6 Å². The molecule has 0 radical (unpaired) electrons. The van der Waals surface area contributed by atoms with Crippen molar-refractivity contribution in [3.05, 3.63) is 0 Å². The average Bonchev–Trinajstić information content (AvgIpc) is 2.22. The van der Waals surface area contributed by atoms with Crippen molar-refractivity contribution in [3.63, 3.8) is 0 Å². The Morgan fingerprint density at radius 3 is 2.31 bits per heavy atom. The highest BCUT2D eigenvalue weighted by molar-refractivity contribution is 4.85. The van der Waals surface area contributed by atoms with Crippen LogP contribution in [0.25, 0.3) is 0 Å². The molecule has 16 heavy (non-hydrogen) atoms. The van der Waals surface area contributed by atoms with Crippen LogP contribution in [0.5, 0.6) is 0 Å². The van der Waals surface area contributed by atoms with Crippen LogP contribution in [0, 0.1) is 0 Å². The molecule has 0 saturated carbocycles. The summed E-state index contributed by atoms with van der Waals surface area (Å²) >= 11 is 0. The zero-order chi connectivity index (χ0) is 12.4. The molecule has 0 fully saturated rings. The molecule has 0 amide bonds. The Kier molecular flexibility index (Phi) is 8.90. The van der Waals surface area contributed by atoms with Crippen LogP contribution in [0.2, 0.25) is 0 Å². The minimum atomic E-state index is -0.169. The van der Waals surface area contributed by atoms with Crippen molar-refractivity contribution >= 4 is 0 Å². The van der Waals surface area contributed by atoms with Gasteiger partial charge in [0.1, 0.15) is 0 Å². The van der Waals surface area contributed by atoms with E-state index in [0.29, 0.717) is 0 Å². The predicted octanol–water partition coefficient (Wildman–Crippen LogP) is 2.60. The molecule has 0 aliphatic carbocycles. The zero-order valence-electron chi connectivity index (χ0n) is 11.6. The summed E-state index contributed by atoms with van der Waals surface area (Å²) in [6.45, 7) is 13.9. The Hall–Kier alpha value is -0.120. The summed E-state index contributed by atoms with van der Waals surface area (Å²) in [7, 11) is 0. The Morgan fingerprint density at radius 1 is 1.12 bits per heavy atom. The van der Waals surface area contributed by atoms with Gasteiger partial charge in [-0.3, -0.25) is 0 Å². The number of hydrogen-bond donors (Lipinski definition) is 1. The first-order valence-corrected chi connectivity index (χ1v) is 6.53. The SMILES string of the molecule is CCCNC(COCCC)C(C)(C)OCC. The van der Waals surface area contributed by atoms with Crippen molar-refractivity contribution in [1.29, 1.82) is 0 Å². The molecule has 1 atom stereocenters. The second-order valence-corrected chi connectivity index (χ2v) is 4.62. The van der Waals surface area contributed by atoms with E-state index in [2.05, 4.69) is 33.0 Å². The molecular weight excluding hydrogens is 202 g/mol. The Balaban J connectivity index is 4.16. The highest BCUT2D eigenvalue weighted by atomic mass is 16.5. The largest absolute Gasteiger partial charge is 0.380 e. The third-order valence-electron chi connectivity index (χ3n) is 2.63. The van der Waals surface area contributed by atoms with Crippen LogP contribution < -0.4 is 5.32 Å². The minimum Gasteiger partial charge on any atom is -0.380 e. The van der Waals surface area contributed by atoms with Crippen LogP contribution in [-0.2, 0) is 9.47 Å². The molecule has 0 aromatic carbocycles. The van der Waals surface area contributed by atoms with Crippen molar-refractivity contribution in [3.8, 4) is 0 Å². The van der Waals surface area contributed by atoms with Gasteiger partial charge in [-0.2, -0.15) is 0 Å². The van der Waals surface area contributed by atoms with Crippen molar-refractivity contribution in [2.24, 2.45) is 0 Å². The Morgan fingerprint density at radius 2 is 1.81 bits per heavy atom. The molecule has 1 unspecified atom stereocenters. The summed E-state index contributed by atoms with van der Waals surface area (Å²) in [5, 5.41) is 3.50. The van der Waals surface area contributed by atoms with Crippen molar-refractivity contribution < 1.29 is 9.47 Å². The smallest absolute Gasteiger partial charge is 0.0801 e. The second kappa shape index (κ2) is 8.97. The first-order chi connectivity index (χ1) is 7.58. The monoisotopic (exact) mass is 231 g/mol. The Labute approximate surface area is 101 Å². The van der Waals surface area contributed by atoms with E-state index in [1.807, 2.05) is 6.92 Å². The van der Waals surface area contributed by atoms with Gasteiger partial charge in [0.15, 0.2) is 0 Å². The van der Waals surface area contributed by atoms with E-state index >= 15 is 0 Å². The molecule has 0 spiro atoms. The van der Waals surface area contributed by atoms with Gasteiger partial charge in [0.25, 0.3) is 0 Å². The molecule has 0 aliphatic rings. The van der Waals surface area contributed by atoms with Crippen molar-refractivity contribution in [2.45, 2.75) is 59.1 Å². The minimum absolute atomic E-state index is 0.169. The maximum absolute atomic E-state index is 5.78. The lowest BCUT2D eigenvalue weighted by atomic mass is 9.99. The van der Waals surface area contributed by atoms with Crippen LogP contribution in [0.3, 0.4) is 0 Å². The standard InChI is InChI=1S/C13H29NO2/c1-6-9-14-12(11-15-10-7-2)13(4,5)16-8-3/h12,14H,6-11H2,1-5H3. The number of rotatable bonds is 10. The predicted molar refractivity (Wildman–Crippen MR) is 68.9 cm³/mol.